The number of benzene rings is 2. The Morgan fingerprint density at radius 3 is 2.26 bits per heavy atom. The summed E-state index contributed by atoms with van der Waals surface area (Å²) < 4.78 is 58.4. The van der Waals surface area contributed by atoms with E-state index in [1.54, 1.807) is 6.07 Å². The summed E-state index contributed by atoms with van der Waals surface area (Å²) in [4.78, 5) is 12.4. The number of carbonyl (C=O) groups is 1. The van der Waals surface area contributed by atoms with Crippen LogP contribution >= 0.6 is 11.3 Å². The predicted octanol–water partition coefficient (Wildman–Crippen LogP) is 2.65. The van der Waals surface area contributed by atoms with E-state index >= 15 is 0 Å². The van der Waals surface area contributed by atoms with E-state index in [-0.39, 0.29) is 31.4 Å². The zero-order chi connectivity index (χ0) is 25.6. The average molecular weight is 535 g/mol. The molecule has 0 saturated heterocycles. The van der Waals surface area contributed by atoms with E-state index in [0.29, 0.717) is 22.6 Å². The number of aromatic nitrogens is 2. The molecular formula is C21H18N4O7S3. The molecule has 0 aliphatic carbocycles. The number of carbonyl (C=O) groups excluding carboxylic acids is 1. The Hall–Kier alpha value is -3.80. The second-order valence-corrected chi connectivity index (χ2v) is 11.7. The molecule has 35 heavy (non-hydrogen) atoms. The van der Waals surface area contributed by atoms with Crippen molar-refractivity contribution in [3.05, 3.63) is 59.7 Å². The molecule has 1 N–H and O–H groups in total. The quantitative estimate of drug-likeness (QED) is 0.187. The molecule has 3 aromatic rings. The lowest BCUT2D eigenvalue weighted by molar-refractivity contribution is -0.112. The lowest BCUT2D eigenvalue weighted by atomic mass is 10.1. The highest BCUT2D eigenvalue weighted by Crippen LogP contribution is 2.23. The molecule has 0 radical (unpaired) electrons. The van der Waals surface area contributed by atoms with Gasteiger partial charge in [-0.25, -0.2) is 8.42 Å². The van der Waals surface area contributed by atoms with Crippen LogP contribution in [0.2, 0.25) is 0 Å². The third-order valence-corrected chi connectivity index (χ3v) is 8.66. The van der Waals surface area contributed by atoms with Crippen LogP contribution in [-0.4, -0.2) is 45.8 Å². The maximum atomic E-state index is 12.4. The Balaban J connectivity index is 1.71. The molecule has 0 aliphatic heterocycles. The summed E-state index contributed by atoms with van der Waals surface area (Å²) in [6, 6.07) is 13.1. The third kappa shape index (κ3) is 6.41. The van der Waals surface area contributed by atoms with Gasteiger partial charge in [0.15, 0.2) is 0 Å². The van der Waals surface area contributed by atoms with Crippen molar-refractivity contribution in [2.75, 3.05) is 18.2 Å². The molecule has 0 atom stereocenters. The second-order valence-electron chi connectivity index (χ2n) is 6.68. The van der Waals surface area contributed by atoms with E-state index < -0.39 is 25.9 Å². The molecule has 0 spiro atoms. The molecule has 0 fully saturated rings. The molecule has 0 bridgehead atoms. The van der Waals surface area contributed by atoms with Crippen molar-refractivity contribution >= 4 is 48.4 Å². The number of methoxy groups -OCH3 is 1. The molecule has 11 nitrogen and oxygen atoms in total. The van der Waals surface area contributed by atoms with Gasteiger partial charge in [0.1, 0.15) is 28.0 Å². The number of hydrogen-bond donors (Lipinski definition) is 1. The molecule has 0 unspecified atom stereocenters. The van der Waals surface area contributed by atoms with Crippen LogP contribution < -0.4 is 14.2 Å². The van der Waals surface area contributed by atoms with Crippen LogP contribution in [0.3, 0.4) is 0 Å². The monoisotopic (exact) mass is 534 g/mol. The van der Waals surface area contributed by atoms with Crippen LogP contribution in [0, 0.1) is 11.3 Å². The fourth-order valence-corrected chi connectivity index (χ4v) is 5.44. The minimum absolute atomic E-state index is 0.0273. The average Bonchev–Trinajstić information content (AvgIpc) is 3.32. The number of amides is 1. The first-order valence-corrected chi connectivity index (χ1v) is 13.6. The molecule has 3 rings (SSSR count). The van der Waals surface area contributed by atoms with Gasteiger partial charge in [-0.05, 0) is 48.0 Å². The number of anilines is 1. The van der Waals surface area contributed by atoms with Gasteiger partial charge in [0.2, 0.25) is 19.3 Å². The van der Waals surface area contributed by atoms with E-state index in [0.717, 1.165) is 0 Å². The number of ether oxygens (including phenoxy) is 1. The maximum Gasteiger partial charge on any atom is 0.339 e. The SMILES string of the molecule is CCS(=O)(=O)c1nnc(NC(=O)C(C#N)=Cc2ccc(OS(=O)(=O)c3ccc(OC)cc3)cc2)s1. The summed E-state index contributed by atoms with van der Waals surface area (Å²) in [5.41, 5.74) is 0.122. The van der Waals surface area contributed by atoms with Crippen LogP contribution in [0.4, 0.5) is 5.13 Å². The zero-order valence-corrected chi connectivity index (χ0v) is 20.8. The molecule has 182 valence electrons. The van der Waals surface area contributed by atoms with Gasteiger partial charge in [-0.3, -0.25) is 10.1 Å². The standard InChI is InChI=1S/C21H18N4O7S3/c1-3-34(27,28)21-25-24-20(33-21)23-19(26)15(13-22)12-14-4-6-17(7-5-14)32-35(29,30)18-10-8-16(31-2)9-11-18/h4-12H,3H2,1-2H3,(H,23,24,26). The van der Waals surface area contributed by atoms with E-state index in [1.165, 1.54) is 68.6 Å². The first kappa shape index (κ1) is 25.8. The highest BCUT2D eigenvalue weighted by atomic mass is 32.2. The lowest BCUT2D eigenvalue weighted by Crippen LogP contribution is -2.13. The molecule has 0 aliphatic rings. The van der Waals surface area contributed by atoms with Gasteiger partial charge in [-0.2, -0.15) is 13.7 Å². The number of nitriles is 1. The van der Waals surface area contributed by atoms with E-state index in [9.17, 15) is 26.9 Å². The van der Waals surface area contributed by atoms with Gasteiger partial charge < -0.3 is 8.92 Å². The Labute approximate surface area is 205 Å². The maximum absolute atomic E-state index is 12.4. The van der Waals surface area contributed by atoms with E-state index in [1.807, 2.05) is 0 Å². The van der Waals surface area contributed by atoms with Crippen LogP contribution in [0.1, 0.15) is 12.5 Å². The Morgan fingerprint density at radius 2 is 1.69 bits per heavy atom. The van der Waals surface area contributed by atoms with Gasteiger partial charge in [0, 0.05) is 0 Å². The summed E-state index contributed by atoms with van der Waals surface area (Å²) in [6.07, 6.45) is 1.27. The number of nitrogens with zero attached hydrogens (tertiary/aromatic N) is 3. The van der Waals surface area contributed by atoms with Gasteiger partial charge in [0.25, 0.3) is 5.91 Å². The minimum atomic E-state index is -4.08. The number of hydrogen-bond acceptors (Lipinski definition) is 11. The van der Waals surface area contributed by atoms with Crippen molar-refractivity contribution in [3.8, 4) is 17.6 Å². The van der Waals surface area contributed by atoms with Gasteiger partial charge in [-0.15, -0.1) is 10.2 Å². The van der Waals surface area contributed by atoms with Crippen molar-refractivity contribution in [1.29, 1.82) is 5.26 Å². The molecule has 14 heteroatoms. The van der Waals surface area contributed by atoms with Gasteiger partial charge in [0.05, 0.1) is 12.9 Å². The Kier molecular flexibility index (Phi) is 7.85. The summed E-state index contributed by atoms with van der Waals surface area (Å²) >= 11 is 0.675. The van der Waals surface area contributed by atoms with E-state index in [2.05, 4.69) is 15.5 Å². The van der Waals surface area contributed by atoms with Gasteiger partial charge >= 0.3 is 10.1 Å². The predicted molar refractivity (Wildman–Crippen MR) is 127 cm³/mol. The molecule has 1 heterocycles. The van der Waals surface area contributed by atoms with Crippen LogP contribution in [-0.2, 0) is 24.7 Å². The highest BCUT2D eigenvalue weighted by molar-refractivity contribution is 7.93. The Bertz CT molecular complexity index is 1500. The number of sulfone groups is 1. The first-order chi connectivity index (χ1) is 16.6. The van der Waals surface area contributed by atoms with Crippen LogP contribution in [0.15, 0.2) is 63.3 Å². The smallest absolute Gasteiger partial charge is 0.339 e. The normalized spacial score (nSPS) is 12.0. The van der Waals surface area contributed by atoms with Crippen molar-refractivity contribution in [3.63, 3.8) is 0 Å². The zero-order valence-electron chi connectivity index (χ0n) is 18.3. The second kappa shape index (κ2) is 10.6. The minimum Gasteiger partial charge on any atom is -0.497 e. The molecule has 0 saturated carbocycles. The van der Waals surface area contributed by atoms with Crippen LogP contribution in [0.5, 0.6) is 11.5 Å². The van der Waals surface area contributed by atoms with Crippen LogP contribution in [0.25, 0.3) is 6.08 Å². The molecule has 1 amide bonds. The lowest BCUT2D eigenvalue weighted by Gasteiger charge is -2.08. The number of nitrogens with one attached hydrogen (secondary N) is 1. The largest absolute Gasteiger partial charge is 0.497 e. The summed E-state index contributed by atoms with van der Waals surface area (Å²) in [5.74, 6) is -0.457. The number of rotatable bonds is 9. The molecular weight excluding hydrogens is 516 g/mol. The molecule has 1 aromatic heterocycles. The third-order valence-electron chi connectivity index (χ3n) is 4.38. The Morgan fingerprint density at radius 1 is 1.06 bits per heavy atom. The van der Waals surface area contributed by atoms with Crippen molar-refractivity contribution in [2.24, 2.45) is 0 Å². The molecule has 2 aromatic carbocycles. The first-order valence-electron chi connectivity index (χ1n) is 9.76. The van der Waals surface area contributed by atoms with Crippen molar-refractivity contribution in [1.82, 2.24) is 10.2 Å². The fraction of sp³-hybridized carbons (Fsp3) is 0.143. The topological polar surface area (TPSA) is 165 Å². The van der Waals surface area contributed by atoms with Crippen molar-refractivity contribution in [2.45, 2.75) is 16.2 Å². The summed E-state index contributed by atoms with van der Waals surface area (Å²) in [7, 11) is -6.19. The fourth-order valence-electron chi connectivity index (χ4n) is 2.53. The highest BCUT2D eigenvalue weighted by Gasteiger charge is 2.20. The summed E-state index contributed by atoms with van der Waals surface area (Å²) in [6.45, 7) is 1.45. The van der Waals surface area contributed by atoms with Gasteiger partial charge in [-0.1, -0.05) is 30.4 Å². The van der Waals surface area contributed by atoms with Crippen molar-refractivity contribution < 1.29 is 30.6 Å². The summed E-state index contributed by atoms with van der Waals surface area (Å²) in [5, 5.41) is 18.8. The van der Waals surface area contributed by atoms with E-state index in [4.69, 9.17) is 8.92 Å².